The predicted octanol–water partition coefficient (Wildman–Crippen LogP) is 11.3. The molecule has 0 aliphatic rings. The van der Waals surface area contributed by atoms with Gasteiger partial charge in [-0.3, -0.25) is 0 Å². The van der Waals surface area contributed by atoms with Gasteiger partial charge in [0.25, 0.3) is 0 Å². The summed E-state index contributed by atoms with van der Waals surface area (Å²) in [5.74, 6) is 0. The van der Waals surface area contributed by atoms with Crippen molar-refractivity contribution < 1.29 is 23.9 Å². The molecule has 0 aromatic heterocycles. The van der Waals surface area contributed by atoms with Crippen molar-refractivity contribution in [1.82, 2.24) is 0 Å². The first-order chi connectivity index (χ1) is 18.2. The molecule has 0 unspecified atom stereocenters. The van der Waals surface area contributed by atoms with E-state index in [9.17, 15) is 0 Å². The van der Waals surface area contributed by atoms with Crippen LogP contribution in [0.1, 0.15) is 36.1 Å². The van der Waals surface area contributed by atoms with E-state index in [1.165, 1.54) is 89.9 Å². The smallest absolute Gasteiger partial charge is 0.0274 e. The Morgan fingerprint density at radius 2 is 0.850 bits per heavy atom. The zero-order valence-corrected chi connectivity index (χ0v) is 29.4. The van der Waals surface area contributed by atoms with Crippen LogP contribution in [-0.4, -0.2) is 3.26 Å². The van der Waals surface area contributed by atoms with Crippen molar-refractivity contribution in [2.75, 3.05) is 0 Å². The van der Waals surface area contributed by atoms with Gasteiger partial charge in [-0.05, 0) is 38.8 Å². The van der Waals surface area contributed by atoms with Crippen molar-refractivity contribution >= 4 is 49.6 Å². The van der Waals surface area contributed by atoms with Crippen molar-refractivity contribution in [3.8, 4) is 22.3 Å². The summed E-state index contributed by atoms with van der Waals surface area (Å²) in [7, 11) is 0. The average molecular weight is 732 g/mol. The van der Waals surface area contributed by atoms with Gasteiger partial charge in [0.1, 0.15) is 0 Å². The fourth-order valence-corrected chi connectivity index (χ4v) is 5.09. The van der Waals surface area contributed by atoms with Gasteiger partial charge in [0.15, 0.2) is 0 Å². The maximum atomic E-state index is 2.26. The summed E-state index contributed by atoms with van der Waals surface area (Å²) in [6.45, 7) is 12.9. The fraction of sp³-hybridized carbons (Fsp3) is 0.162. The topological polar surface area (TPSA) is 0 Å². The second kappa shape index (κ2) is 15.4. The predicted molar refractivity (Wildman–Crippen MR) is 180 cm³/mol. The molecular formula is C37H38Cl2Hf. The number of rotatable bonds is 2. The van der Waals surface area contributed by atoms with Gasteiger partial charge in [0.2, 0.25) is 0 Å². The van der Waals surface area contributed by atoms with Gasteiger partial charge in [0.05, 0.1) is 0 Å². The van der Waals surface area contributed by atoms with Crippen LogP contribution in [0, 0.1) is 27.7 Å². The van der Waals surface area contributed by atoms with E-state index in [0.717, 1.165) is 0 Å². The van der Waals surface area contributed by atoms with Crippen LogP contribution in [0.4, 0.5) is 0 Å². The molecule has 6 aromatic rings. The molecule has 0 saturated heterocycles. The molecule has 0 atom stereocenters. The maximum Gasteiger partial charge on any atom is -0.0274 e. The summed E-state index contributed by atoms with van der Waals surface area (Å²) < 4.78 is 1.56. The molecule has 0 bridgehead atoms. The van der Waals surface area contributed by atoms with Gasteiger partial charge < -0.3 is 0 Å². The molecule has 0 radical (unpaired) electrons. The van der Waals surface area contributed by atoms with Crippen molar-refractivity contribution in [3.05, 3.63) is 131 Å². The van der Waals surface area contributed by atoms with Crippen LogP contribution in [0.3, 0.4) is 0 Å². The summed E-state index contributed by atoms with van der Waals surface area (Å²) >= 11 is 1.27. The minimum atomic E-state index is 0. The Kier molecular flexibility index (Phi) is 13.0. The SMILES string of the molecule is C[C](C)=[Hf+2].Cc1cc(C)cc(-c2cccc3[cH-]ccc23)c1.Cc1cc(C)cc(-c2cccc3[cH-]ccc23)c1.Cl.Cl. The molecule has 0 heterocycles. The molecule has 6 aromatic carbocycles. The van der Waals surface area contributed by atoms with Crippen LogP contribution >= 0.6 is 24.8 Å². The zero-order valence-electron chi connectivity index (χ0n) is 24.2. The second-order valence-electron chi connectivity index (χ2n) is 10.4. The van der Waals surface area contributed by atoms with Crippen molar-refractivity contribution in [2.45, 2.75) is 41.5 Å². The van der Waals surface area contributed by atoms with Crippen LogP contribution < -0.4 is 0 Å². The molecule has 40 heavy (non-hydrogen) atoms. The Morgan fingerprint density at radius 3 is 1.18 bits per heavy atom. The van der Waals surface area contributed by atoms with E-state index in [4.69, 9.17) is 0 Å². The van der Waals surface area contributed by atoms with Crippen LogP contribution in [0.15, 0.2) is 109 Å². The van der Waals surface area contributed by atoms with Crippen LogP contribution in [0.2, 0.25) is 0 Å². The summed E-state index contributed by atoms with van der Waals surface area (Å²) in [5.41, 5.74) is 10.6. The summed E-state index contributed by atoms with van der Waals surface area (Å²) in [6, 6.07) is 39.5. The molecule has 0 saturated carbocycles. The summed E-state index contributed by atoms with van der Waals surface area (Å²) in [4.78, 5) is 0. The van der Waals surface area contributed by atoms with E-state index >= 15 is 0 Å². The molecule has 6 rings (SSSR count). The Hall–Kier alpha value is -2.58. The molecule has 0 N–H and O–H groups in total. The first-order valence-electron chi connectivity index (χ1n) is 13.2. The third kappa shape index (κ3) is 8.71. The molecule has 0 fully saturated rings. The molecule has 0 aliphatic heterocycles. The monoisotopic (exact) mass is 732 g/mol. The largest absolute Gasteiger partial charge is 0.168 e. The zero-order chi connectivity index (χ0) is 27.2. The molecule has 3 heteroatoms. The van der Waals surface area contributed by atoms with E-state index in [1.54, 1.807) is 3.26 Å². The third-order valence-electron chi connectivity index (χ3n) is 6.42. The van der Waals surface area contributed by atoms with E-state index in [0.29, 0.717) is 0 Å². The number of fused-ring (bicyclic) bond motifs is 2. The molecule has 0 nitrogen and oxygen atoms in total. The van der Waals surface area contributed by atoms with Crippen LogP contribution in [0.25, 0.3) is 43.8 Å². The van der Waals surface area contributed by atoms with Crippen molar-refractivity contribution in [2.24, 2.45) is 0 Å². The van der Waals surface area contributed by atoms with Gasteiger partial charge in [-0.1, -0.05) is 81.9 Å². The Balaban J connectivity index is 0.000000237. The van der Waals surface area contributed by atoms with E-state index in [1.807, 2.05) is 0 Å². The third-order valence-corrected chi connectivity index (χ3v) is 6.42. The van der Waals surface area contributed by atoms with Crippen LogP contribution in [0.5, 0.6) is 0 Å². The Labute approximate surface area is 267 Å². The second-order valence-corrected chi connectivity index (χ2v) is 14.0. The minimum Gasteiger partial charge on any atom is -0.168 e. The van der Waals surface area contributed by atoms with Gasteiger partial charge in [-0.25, -0.2) is 0 Å². The van der Waals surface area contributed by atoms with Gasteiger partial charge >= 0.3 is 41.0 Å². The maximum absolute atomic E-state index is 2.26. The molecular weight excluding hydrogens is 694 g/mol. The number of halogens is 2. The normalized spacial score (nSPS) is 10.0. The number of hydrogen-bond acceptors (Lipinski definition) is 0. The van der Waals surface area contributed by atoms with Gasteiger partial charge in [-0.15, -0.1) is 82.8 Å². The first-order valence-corrected chi connectivity index (χ1v) is 15.0. The van der Waals surface area contributed by atoms with E-state index in [-0.39, 0.29) is 24.8 Å². The molecule has 0 spiro atoms. The number of benzene rings is 4. The number of aryl methyl sites for hydroxylation is 4. The van der Waals surface area contributed by atoms with Gasteiger partial charge in [-0.2, -0.15) is 24.3 Å². The first kappa shape index (κ1) is 33.6. The van der Waals surface area contributed by atoms with E-state index in [2.05, 4.69) is 151 Å². The van der Waals surface area contributed by atoms with E-state index < -0.39 is 0 Å². The molecule has 0 amide bonds. The van der Waals surface area contributed by atoms with Gasteiger partial charge in [0, 0.05) is 0 Å². The Morgan fingerprint density at radius 1 is 0.525 bits per heavy atom. The van der Waals surface area contributed by atoms with Crippen molar-refractivity contribution in [3.63, 3.8) is 0 Å². The quantitative estimate of drug-likeness (QED) is 0.123. The summed E-state index contributed by atoms with van der Waals surface area (Å²) in [6.07, 6.45) is 0. The standard InChI is InChI=1S/2C17H15.C3H6.2ClH.Hf/c2*1-12-9-13(2)11-15(10-12)17-8-4-6-14-5-3-7-16(14)17;1-3-2;;;/h2*3-11H,1-2H3;1-2H3;2*1H;/q2*-1;;;;+2. The summed E-state index contributed by atoms with van der Waals surface area (Å²) in [5, 5.41) is 5.33. The molecule has 204 valence electrons. The van der Waals surface area contributed by atoms with Crippen molar-refractivity contribution in [1.29, 1.82) is 0 Å². The molecule has 0 aliphatic carbocycles. The average Bonchev–Trinajstić information content (AvgIpc) is 3.52. The Bertz CT molecular complexity index is 1530. The minimum absolute atomic E-state index is 0. The van der Waals surface area contributed by atoms with Crippen LogP contribution in [-0.2, 0) is 23.9 Å². The number of hydrogen-bond donors (Lipinski definition) is 0. The fourth-order valence-electron chi connectivity index (χ4n) is 5.09.